The predicted molar refractivity (Wildman–Crippen MR) is 109 cm³/mol. The second kappa shape index (κ2) is 8.72. The van der Waals surface area contributed by atoms with E-state index in [4.69, 9.17) is 0 Å². The maximum Gasteiger partial charge on any atom is 0.257 e. The fourth-order valence-electron chi connectivity index (χ4n) is 2.95. The fourth-order valence-corrected chi connectivity index (χ4v) is 4.01. The molecule has 1 unspecified atom stereocenters. The number of nitrogens with one attached hydrogen (secondary N) is 1. The van der Waals surface area contributed by atoms with Crippen molar-refractivity contribution in [1.29, 1.82) is 0 Å². The van der Waals surface area contributed by atoms with Crippen molar-refractivity contribution >= 4 is 15.9 Å². The number of hydrogen-bond acceptors (Lipinski definition) is 5. The van der Waals surface area contributed by atoms with Crippen molar-refractivity contribution in [3.05, 3.63) is 72.1 Å². The molecule has 0 aliphatic carbocycles. The highest BCUT2D eigenvalue weighted by atomic mass is 32.2. The standard InChI is InChI=1S/C20H22FN5O3S/c1-4-24-30(28,29)17-9-10-19(21)18(11-17)20(27)25(3)14(2)15-5-7-16(8-6-15)26-13-22-12-23-26/h5-14,24H,4H2,1-3H3. The molecule has 158 valence electrons. The van der Waals surface area contributed by atoms with Gasteiger partial charge in [-0.3, -0.25) is 4.79 Å². The summed E-state index contributed by atoms with van der Waals surface area (Å²) < 4.78 is 42.7. The van der Waals surface area contributed by atoms with Crippen LogP contribution in [-0.2, 0) is 10.0 Å². The summed E-state index contributed by atoms with van der Waals surface area (Å²) in [6, 6.07) is 10.2. The second-order valence-corrected chi connectivity index (χ2v) is 8.43. The van der Waals surface area contributed by atoms with E-state index in [-0.39, 0.29) is 23.0 Å². The number of rotatable bonds is 7. The van der Waals surface area contributed by atoms with E-state index in [0.717, 1.165) is 29.4 Å². The van der Waals surface area contributed by atoms with E-state index in [1.807, 2.05) is 24.3 Å². The smallest absolute Gasteiger partial charge is 0.257 e. The van der Waals surface area contributed by atoms with Crippen LogP contribution in [0.4, 0.5) is 4.39 Å². The third-order valence-electron chi connectivity index (χ3n) is 4.77. The summed E-state index contributed by atoms with van der Waals surface area (Å²) >= 11 is 0. The minimum Gasteiger partial charge on any atom is -0.335 e. The number of halogens is 1. The van der Waals surface area contributed by atoms with Gasteiger partial charge in [-0.25, -0.2) is 27.2 Å². The van der Waals surface area contributed by atoms with Gasteiger partial charge in [-0.05, 0) is 42.8 Å². The monoisotopic (exact) mass is 431 g/mol. The molecule has 0 radical (unpaired) electrons. The van der Waals surface area contributed by atoms with Crippen molar-refractivity contribution < 1.29 is 17.6 Å². The van der Waals surface area contributed by atoms with Gasteiger partial charge in [0.05, 0.1) is 22.2 Å². The number of nitrogens with zero attached hydrogens (tertiary/aromatic N) is 4. The van der Waals surface area contributed by atoms with Gasteiger partial charge < -0.3 is 4.90 Å². The van der Waals surface area contributed by atoms with Crippen molar-refractivity contribution in [2.75, 3.05) is 13.6 Å². The first kappa shape index (κ1) is 21.6. The van der Waals surface area contributed by atoms with Crippen LogP contribution in [0.1, 0.15) is 35.8 Å². The Morgan fingerprint density at radius 3 is 2.53 bits per heavy atom. The Bertz CT molecular complexity index is 1130. The number of hydrogen-bond donors (Lipinski definition) is 1. The van der Waals surface area contributed by atoms with Gasteiger partial charge in [-0.1, -0.05) is 19.1 Å². The zero-order chi connectivity index (χ0) is 21.9. The van der Waals surface area contributed by atoms with Gasteiger partial charge in [0.1, 0.15) is 18.5 Å². The maximum absolute atomic E-state index is 14.4. The highest BCUT2D eigenvalue weighted by molar-refractivity contribution is 7.89. The first-order valence-electron chi connectivity index (χ1n) is 9.26. The Balaban J connectivity index is 1.84. The number of carbonyl (C=O) groups is 1. The molecule has 0 saturated heterocycles. The Morgan fingerprint density at radius 2 is 1.93 bits per heavy atom. The minimum atomic E-state index is -3.81. The lowest BCUT2D eigenvalue weighted by Gasteiger charge is -2.26. The number of amides is 1. The lowest BCUT2D eigenvalue weighted by Crippen LogP contribution is -2.31. The average Bonchev–Trinajstić information content (AvgIpc) is 3.27. The highest BCUT2D eigenvalue weighted by Gasteiger charge is 2.24. The van der Waals surface area contributed by atoms with E-state index < -0.39 is 21.7 Å². The predicted octanol–water partition coefficient (Wildman–Crippen LogP) is 2.54. The van der Waals surface area contributed by atoms with E-state index in [0.29, 0.717) is 0 Å². The molecule has 0 spiro atoms. The number of carbonyl (C=O) groups excluding carboxylic acids is 1. The molecular formula is C20H22FN5O3S. The average molecular weight is 431 g/mol. The second-order valence-electron chi connectivity index (χ2n) is 6.67. The molecule has 8 nitrogen and oxygen atoms in total. The zero-order valence-electron chi connectivity index (χ0n) is 16.8. The number of sulfonamides is 1. The van der Waals surface area contributed by atoms with Gasteiger partial charge in [-0.2, -0.15) is 5.10 Å². The minimum absolute atomic E-state index is 0.160. The Labute approximate surface area is 174 Å². The molecule has 1 atom stereocenters. The van der Waals surface area contributed by atoms with Crippen LogP contribution in [0, 0.1) is 5.82 Å². The SMILES string of the molecule is CCNS(=O)(=O)c1ccc(F)c(C(=O)N(C)C(C)c2ccc(-n3cncn3)cc2)c1. The Morgan fingerprint density at radius 1 is 1.23 bits per heavy atom. The number of benzene rings is 2. The normalized spacial score (nSPS) is 12.5. The van der Waals surface area contributed by atoms with Crippen LogP contribution >= 0.6 is 0 Å². The van der Waals surface area contributed by atoms with Crippen LogP contribution in [0.3, 0.4) is 0 Å². The maximum atomic E-state index is 14.4. The molecule has 1 N–H and O–H groups in total. The van der Waals surface area contributed by atoms with Gasteiger partial charge in [0.2, 0.25) is 10.0 Å². The third kappa shape index (κ3) is 4.39. The zero-order valence-corrected chi connectivity index (χ0v) is 17.6. The van der Waals surface area contributed by atoms with Gasteiger partial charge in [-0.15, -0.1) is 0 Å². The number of aromatic nitrogens is 3. The quantitative estimate of drug-likeness (QED) is 0.620. The van der Waals surface area contributed by atoms with Gasteiger partial charge in [0.15, 0.2) is 0 Å². The summed E-state index contributed by atoms with van der Waals surface area (Å²) in [6.07, 6.45) is 3.01. The topological polar surface area (TPSA) is 97.2 Å². The summed E-state index contributed by atoms with van der Waals surface area (Å²) in [5.74, 6) is -1.40. The van der Waals surface area contributed by atoms with E-state index in [9.17, 15) is 17.6 Å². The van der Waals surface area contributed by atoms with Gasteiger partial charge >= 0.3 is 0 Å². The van der Waals surface area contributed by atoms with E-state index in [2.05, 4.69) is 14.8 Å². The Hall–Kier alpha value is -3.11. The molecule has 1 heterocycles. The van der Waals surface area contributed by atoms with Gasteiger partial charge in [0.25, 0.3) is 5.91 Å². The first-order chi connectivity index (χ1) is 14.2. The summed E-state index contributed by atoms with van der Waals surface area (Å²) in [4.78, 5) is 18.0. The molecular weight excluding hydrogens is 409 g/mol. The van der Waals surface area contributed by atoms with Crippen molar-refractivity contribution in [3.63, 3.8) is 0 Å². The van der Waals surface area contributed by atoms with E-state index in [1.54, 1.807) is 31.9 Å². The van der Waals surface area contributed by atoms with Crippen molar-refractivity contribution in [2.24, 2.45) is 0 Å². The molecule has 0 saturated carbocycles. The van der Waals surface area contributed by atoms with Crippen LogP contribution in [0.5, 0.6) is 0 Å². The first-order valence-corrected chi connectivity index (χ1v) is 10.7. The van der Waals surface area contributed by atoms with Crippen LogP contribution in [0.15, 0.2) is 60.0 Å². The van der Waals surface area contributed by atoms with E-state index >= 15 is 0 Å². The lowest BCUT2D eigenvalue weighted by atomic mass is 10.1. The highest BCUT2D eigenvalue weighted by Crippen LogP contribution is 2.24. The fraction of sp³-hybridized carbons (Fsp3) is 0.250. The molecule has 2 aromatic carbocycles. The summed E-state index contributed by atoms with van der Waals surface area (Å²) in [5, 5.41) is 4.06. The van der Waals surface area contributed by atoms with Gasteiger partial charge in [0, 0.05) is 13.6 Å². The van der Waals surface area contributed by atoms with Crippen LogP contribution in [-0.4, -0.2) is 47.6 Å². The molecule has 1 aromatic heterocycles. The third-order valence-corrected chi connectivity index (χ3v) is 6.32. The molecule has 30 heavy (non-hydrogen) atoms. The molecule has 3 rings (SSSR count). The van der Waals surface area contributed by atoms with E-state index in [1.165, 1.54) is 11.2 Å². The largest absolute Gasteiger partial charge is 0.335 e. The molecule has 1 amide bonds. The summed E-state index contributed by atoms with van der Waals surface area (Å²) in [7, 11) is -2.26. The van der Waals surface area contributed by atoms with Crippen molar-refractivity contribution in [2.45, 2.75) is 24.8 Å². The summed E-state index contributed by atoms with van der Waals surface area (Å²) in [6.45, 7) is 3.63. The van der Waals surface area contributed by atoms with Crippen LogP contribution in [0.2, 0.25) is 0 Å². The molecule has 3 aromatic rings. The molecule has 10 heteroatoms. The van der Waals surface area contributed by atoms with Crippen LogP contribution < -0.4 is 4.72 Å². The van der Waals surface area contributed by atoms with Crippen molar-refractivity contribution in [1.82, 2.24) is 24.4 Å². The summed E-state index contributed by atoms with van der Waals surface area (Å²) in [5.41, 5.74) is 1.33. The molecule has 0 fully saturated rings. The molecule has 0 bridgehead atoms. The van der Waals surface area contributed by atoms with Crippen LogP contribution in [0.25, 0.3) is 5.69 Å². The lowest BCUT2D eigenvalue weighted by molar-refractivity contribution is 0.0737. The van der Waals surface area contributed by atoms with Crippen molar-refractivity contribution in [3.8, 4) is 5.69 Å². The molecule has 0 aliphatic rings. The molecule has 0 aliphatic heterocycles. The Kier molecular flexibility index (Phi) is 6.28.